The Kier molecular flexibility index (Phi) is 6.45. The van der Waals surface area contributed by atoms with Gasteiger partial charge in [-0.2, -0.15) is 17.4 Å². The molecule has 0 radical (unpaired) electrons. The Bertz CT molecular complexity index is 313. The second kappa shape index (κ2) is 6.76. The predicted molar refractivity (Wildman–Crippen MR) is 54.9 cm³/mol. The highest BCUT2D eigenvalue weighted by molar-refractivity contribution is 7.87. The first-order chi connectivity index (χ1) is 7.33. The molecule has 8 nitrogen and oxygen atoms in total. The third-order valence-corrected chi connectivity index (χ3v) is 3.44. The Balaban J connectivity index is 4.36. The van der Waals surface area contributed by atoms with Crippen molar-refractivity contribution in [3.63, 3.8) is 0 Å². The molecule has 16 heavy (non-hydrogen) atoms. The molecule has 0 aromatic heterocycles. The fraction of sp³-hybridized carbons (Fsp3) is 0.857. The Morgan fingerprint density at radius 1 is 1.38 bits per heavy atom. The van der Waals surface area contributed by atoms with Gasteiger partial charge in [-0.1, -0.05) is 0 Å². The van der Waals surface area contributed by atoms with Crippen molar-refractivity contribution < 1.29 is 28.5 Å². The molecule has 0 amide bonds. The molecule has 0 fully saturated rings. The average Bonchev–Trinajstić information content (AvgIpc) is 2.22. The van der Waals surface area contributed by atoms with Crippen molar-refractivity contribution in [2.75, 3.05) is 26.8 Å². The fourth-order valence-corrected chi connectivity index (χ4v) is 1.89. The number of carboxylic acids is 1. The van der Waals surface area contributed by atoms with Crippen LogP contribution in [0.4, 0.5) is 0 Å². The molecule has 0 saturated carbocycles. The highest BCUT2D eigenvalue weighted by atomic mass is 32.2. The SMILES string of the molecule is CN(CCC(=O)O)S(=O)(=O)NC(CO)CO. The van der Waals surface area contributed by atoms with Gasteiger partial charge in [0.2, 0.25) is 0 Å². The molecule has 9 heteroatoms. The van der Waals surface area contributed by atoms with E-state index in [1.165, 1.54) is 7.05 Å². The van der Waals surface area contributed by atoms with Gasteiger partial charge in [-0.05, 0) is 0 Å². The van der Waals surface area contributed by atoms with Gasteiger partial charge in [-0.15, -0.1) is 0 Å². The van der Waals surface area contributed by atoms with Crippen molar-refractivity contribution in [2.45, 2.75) is 12.5 Å². The molecule has 0 aromatic carbocycles. The number of aliphatic hydroxyl groups excluding tert-OH is 2. The highest BCUT2D eigenvalue weighted by Gasteiger charge is 2.21. The number of nitrogens with zero attached hydrogens (tertiary/aromatic N) is 1. The molecule has 4 N–H and O–H groups in total. The van der Waals surface area contributed by atoms with E-state index in [2.05, 4.69) is 0 Å². The maximum Gasteiger partial charge on any atom is 0.304 e. The molecule has 0 saturated heterocycles. The largest absolute Gasteiger partial charge is 0.481 e. The molecule has 0 aliphatic carbocycles. The number of nitrogens with one attached hydrogen (secondary N) is 1. The van der Waals surface area contributed by atoms with Crippen LogP contribution in [0.5, 0.6) is 0 Å². The lowest BCUT2D eigenvalue weighted by Gasteiger charge is -2.20. The number of hydrogen-bond donors (Lipinski definition) is 4. The number of carbonyl (C=O) groups is 1. The molecule has 0 atom stereocenters. The monoisotopic (exact) mass is 256 g/mol. The third-order valence-electron chi connectivity index (χ3n) is 1.81. The van der Waals surface area contributed by atoms with Crippen LogP contribution in [0.15, 0.2) is 0 Å². The Labute approximate surface area is 93.7 Å². The number of aliphatic hydroxyl groups is 2. The molecule has 96 valence electrons. The summed E-state index contributed by atoms with van der Waals surface area (Å²) < 4.78 is 25.8. The number of aliphatic carboxylic acids is 1. The number of rotatable bonds is 8. The third kappa shape index (κ3) is 5.37. The van der Waals surface area contributed by atoms with Crippen molar-refractivity contribution in [3.05, 3.63) is 0 Å². The summed E-state index contributed by atoms with van der Waals surface area (Å²) in [4.78, 5) is 10.2. The average molecular weight is 256 g/mol. The van der Waals surface area contributed by atoms with Crippen molar-refractivity contribution >= 4 is 16.2 Å². The molecule has 0 aliphatic rings. The van der Waals surface area contributed by atoms with Crippen LogP contribution >= 0.6 is 0 Å². The standard InChI is InChI=1S/C7H16N2O6S/c1-9(3-2-7(12)13)16(14,15)8-6(4-10)5-11/h6,8,10-11H,2-5H2,1H3,(H,12,13). The van der Waals surface area contributed by atoms with E-state index >= 15 is 0 Å². The van der Waals surface area contributed by atoms with Crippen molar-refractivity contribution in [2.24, 2.45) is 0 Å². The fourth-order valence-electron chi connectivity index (χ4n) is 0.806. The molecule has 0 heterocycles. The number of carboxylic acid groups (broad SMARTS) is 1. The normalized spacial score (nSPS) is 12.3. The van der Waals surface area contributed by atoms with Gasteiger partial charge in [0.1, 0.15) is 0 Å². The first-order valence-electron chi connectivity index (χ1n) is 4.50. The zero-order valence-corrected chi connectivity index (χ0v) is 9.64. The van der Waals surface area contributed by atoms with Crippen LogP contribution in [-0.2, 0) is 15.0 Å². The molecule has 0 bridgehead atoms. The Morgan fingerprint density at radius 2 is 1.88 bits per heavy atom. The first kappa shape index (κ1) is 15.3. The van der Waals surface area contributed by atoms with Crippen LogP contribution < -0.4 is 4.72 Å². The van der Waals surface area contributed by atoms with Crippen LogP contribution in [-0.4, -0.2) is 66.9 Å². The zero-order chi connectivity index (χ0) is 12.8. The van der Waals surface area contributed by atoms with Gasteiger partial charge in [-0.3, -0.25) is 4.79 Å². The molecule has 0 spiro atoms. The van der Waals surface area contributed by atoms with E-state index in [9.17, 15) is 13.2 Å². The van der Waals surface area contributed by atoms with E-state index in [0.29, 0.717) is 0 Å². The van der Waals surface area contributed by atoms with Gasteiger partial charge in [0.15, 0.2) is 0 Å². The van der Waals surface area contributed by atoms with E-state index in [1.54, 1.807) is 0 Å². The lowest BCUT2D eigenvalue weighted by molar-refractivity contribution is -0.137. The second-order valence-corrected chi connectivity index (χ2v) is 4.96. The summed E-state index contributed by atoms with van der Waals surface area (Å²) in [6.45, 7) is -1.26. The lowest BCUT2D eigenvalue weighted by atomic mass is 10.4. The van der Waals surface area contributed by atoms with Crippen LogP contribution in [0, 0.1) is 0 Å². The van der Waals surface area contributed by atoms with Gasteiger partial charge >= 0.3 is 5.97 Å². The van der Waals surface area contributed by atoms with E-state index in [1.807, 2.05) is 4.72 Å². The molecular formula is C7H16N2O6S. The van der Waals surface area contributed by atoms with Gasteiger partial charge in [0, 0.05) is 13.6 Å². The van der Waals surface area contributed by atoms with E-state index < -0.39 is 35.4 Å². The van der Waals surface area contributed by atoms with Gasteiger partial charge < -0.3 is 15.3 Å². The minimum Gasteiger partial charge on any atom is -0.481 e. The van der Waals surface area contributed by atoms with Gasteiger partial charge in [0.05, 0.1) is 25.7 Å². The van der Waals surface area contributed by atoms with E-state index in [0.717, 1.165) is 4.31 Å². The Hall–Kier alpha value is -0.740. The second-order valence-electron chi connectivity index (χ2n) is 3.15. The molecular weight excluding hydrogens is 240 g/mol. The summed E-state index contributed by atoms with van der Waals surface area (Å²) in [6, 6.07) is -0.989. The van der Waals surface area contributed by atoms with Gasteiger partial charge in [0.25, 0.3) is 10.2 Å². The van der Waals surface area contributed by atoms with Crippen LogP contribution in [0.1, 0.15) is 6.42 Å². The molecule has 0 aromatic rings. The van der Waals surface area contributed by atoms with Crippen molar-refractivity contribution in [1.29, 1.82) is 0 Å². The predicted octanol–water partition coefficient (Wildman–Crippen LogP) is -2.42. The summed E-state index contributed by atoms with van der Waals surface area (Å²) >= 11 is 0. The summed E-state index contributed by atoms with van der Waals surface area (Å²) in [5.74, 6) is -1.11. The minimum atomic E-state index is -3.88. The topological polar surface area (TPSA) is 127 Å². The summed E-state index contributed by atoms with van der Waals surface area (Å²) in [7, 11) is -2.67. The van der Waals surface area contributed by atoms with Crippen molar-refractivity contribution in [1.82, 2.24) is 9.03 Å². The molecule has 0 aliphatic heterocycles. The maximum absolute atomic E-state index is 11.5. The summed E-state index contributed by atoms with van der Waals surface area (Å²) in [6.07, 6.45) is -0.319. The van der Waals surface area contributed by atoms with Gasteiger partial charge in [-0.25, -0.2) is 0 Å². The van der Waals surface area contributed by atoms with E-state index in [-0.39, 0.29) is 13.0 Å². The minimum absolute atomic E-state index is 0.186. The summed E-state index contributed by atoms with van der Waals surface area (Å²) in [5.41, 5.74) is 0. The Morgan fingerprint density at radius 3 is 2.25 bits per heavy atom. The molecule has 0 unspecified atom stereocenters. The van der Waals surface area contributed by atoms with Crippen LogP contribution in [0.3, 0.4) is 0 Å². The summed E-state index contributed by atoms with van der Waals surface area (Å²) in [5, 5.41) is 25.8. The van der Waals surface area contributed by atoms with Crippen molar-refractivity contribution in [3.8, 4) is 0 Å². The number of hydrogen-bond acceptors (Lipinski definition) is 5. The lowest BCUT2D eigenvalue weighted by Crippen LogP contribution is -2.47. The first-order valence-corrected chi connectivity index (χ1v) is 5.94. The van der Waals surface area contributed by atoms with Crippen LogP contribution in [0.2, 0.25) is 0 Å². The molecule has 0 rings (SSSR count). The smallest absolute Gasteiger partial charge is 0.304 e. The quantitative estimate of drug-likeness (QED) is 0.383. The zero-order valence-electron chi connectivity index (χ0n) is 8.83. The van der Waals surface area contributed by atoms with Crippen LogP contribution in [0.25, 0.3) is 0 Å². The maximum atomic E-state index is 11.5. The van der Waals surface area contributed by atoms with E-state index in [4.69, 9.17) is 15.3 Å². The highest BCUT2D eigenvalue weighted by Crippen LogP contribution is 1.97.